The van der Waals surface area contributed by atoms with Crippen LogP contribution >= 0.6 is 0 Å². The molecule has 4 unspecified atom stereocenters. The second-order valence-corrected chi connectivity index (χ2v) is 15.5. The van der Waals surface area contributed by atoms with E-state index in [1.165, 1.54) is 24.8 Å². The van der Waals surface area contributed by atoms with E-state index >= 15 is 0 Å². The van der Waals surface area contributed by atoms with Gasteiger partial charge in [0.2, 0.25) is 0 Å². The van der Waals surface area contributed by atoms with Crippen molar-refractivity contribution >= 4 is 0 Å². The standard InChI is InChI=1S/C33H52O8/c1-17-7-12-33(38-16-17)18(2)26-24(41-33)14-23-21-6-5-19-13-20(8-10-31(19,3)22(21)9-11-32(23,26)4)39-30-29(37)28(36)27(35)25(15-34)40-30/h5,17-18,20-30,34-37H,6-16H2,1-4H3/t17-,18+,20+,21-,22+,23+,24+,25?,26+,27?,28?,29?,30-,31+,32+,33-/m1/s1. The van der Waals surface area contributed by atoms with Gasteiger partial charge >= 0.3 is 0 Å². The number of hydrogen-bond acceptors (Lipinski definition) is 8. The summed E-state index contributed by atoms with van der Waals surface area (Å²) in [6, 6.07) is 0. The van der Waals surface area contributed by atoms with Crippen LogP contribution in [0.3, 0.4) is 0 Å². The van der Waals surface area contributed by atoms with E-state index < -0.39 is 37.3 Å². The van der Waals surface area contributed by atoms with Crippen molar-refractivity contribution in [1.29, 1.82) is 0 Å². The molecule has 1 spiro atoms. The normalized spacial score (nSPS) is 58.3. The van der Waals surface area contributed by atoms with Crippen molar-refractivity contribution in [1.82, 2.24) is 0 Å². The van der Waals surface area contributed by atoms with Gasteiger partial charge in [0, 0.05) is 12.3 Å². The summed E-state index contributed by atoms with van der Waals surface area (Å²) in [4.78, 5) is 0. The van der Waals surface area contributed by atoms with E-state index in [9.17, 15) is 20.4 Å². The first kappa shape index (κ1) is 29.1. The summed E-state index contributed by atoms with van der Waals surface area (Å²) in [7, 11) is 0. The molecule has 4 aliphatic carbocycles. The van der Waals surface area contributed by atoms with Gasteiger partial charge in [-0.2, -0.15) is 0 Å². The lowest BCUT2D eigenvalue weighted by Gasteiger charge is -2.58. The third-order valence-corrected chi connectivity index (χ3v) is 13.5. The Labute approximate surface area is 244 Å². The van der Waals surface area contributed by atoms with Crippen molar-refractivity contribution in [2.75, 3.05) is 13.2 Å². The molecule has 0 aromatic heterocycles. The fraction of sp³-hybridized carbons (Fsp3) is 0.939. The van der Waals surface area contributed by atoms with Crippen LogP contribution in [0, 0.1) is 46.3 Å². The molecule has 4 N–H and O–H groups in total. The van der Waals surface area contributed by atoms with Gasteiger partial charge in [0.15, 0.2) is 12.1 Å². The molecular formula is C33H52O8. The summed E-state index contributed by atoms with van der Waals surface area (Å²) in [6.07, 6.45) is 6.24. The summed E-state index contributed by atoms with van der Waals surface area (Å²) in [6.45, 7) is 10.1. The molecule has 0 amide bonds. The highest BCUT2D eigenvalue weighted by Gasteiger charge is 2.68. The van der Waals surface area contributed by atoms with E-state index in [4.69, 9.17) is 18.9 Å². The van der Waals surface area contributed by atoms with E-state index in [1.807, 2.05) is 0 Å². The van der Waals surface area contributed by atoms with Gasteiger partial charge in [0.05, 0.1) is 25.4 Å². The first-order valence-corrected chi connectivity index (χ1v) is 16.5. The van der Waals surface area contributed by atoms with Crippen molar-refractivity contribution in [3.8, 4) is 0 Å². The van der Waals surface area contributed by atoms with Crippen LogP contribution in [-0.4, -0.2) is 82.3 Å². The van der Waals surface area contributed by atoms with E-state index in [2.05, 4.69) is 33.8 Å². The third kappa shape index (κ3) is 4.29. The maximum absolute atomic E-state index is 10.5. The molecule has 3 saturated carbocycles. The van der Waals surface area contributed by atoms with Crippen LogP contribution in [0.2, 0.25) is 0 Å². The molecule has 3 aliphatic heterocycles. The largest absolute Gasteiger partial charge is 0.394 e. The Hall–Kier alpha value is -0.580. The number of fused-ring (bicyclic) bond motifs is 7. The van der Waals surface area contributed by atoms with Crippen LogP contribution in [-0.2, 0) is 18.9 Å². The molecule has 41 heavy (non-hydrogen) atoms. The zero-order valence-corrected chi connectivity index (χ0v) is 25.3. The van der Waals surface area contributed by atoms with Crippen molar-refractivity contribution in [3.63, 3.8) is 0 Å². The Bertz CT molecular complexity index is 1020. The molecule has 0 aromatic carbocycles. The second kappa shape index (κ2) is 10.2. The topological polar surface area (TPSA) is 118 Å². The monoisotopic (exact) mass is 576 g/mol. The Morgan fingerprint density at radius 2 is 1.78 bits per heavy atom. The van der Waals surface area contributed by atoms with Gasteiger partial charge in [-0.05, 0) is 91.8 Å². The Morgan fingerprint density at radius 3 is 2.51 bits per heavy atom. The zero-order chi connectivity index (χ0) is 28.9. The average molecular weight is 577 g/mol. The molecule has 3 saturated heterocycles. The van der Waals surface area contributed by atoms with E-state index in [0.29, 0.717) is 47.0 Å². The highest BCUT2D eigenvalue weighted by atomic mass is 16.7. The summed E-state index contributed by atoms with van der Waals surface area (Å²) >= 11 is 0. The van der Waals surface area contributed by atoms with Crippen molar-refractivity contribution in [2.24, 2.45) is 46.3 Å². The maximum atomic E-state index is 10.5. The minimum absolute atomic E-state index is 0.129. The smallest absolute Gasteiger partial charge is 0.186 e. The number of ether oxygens (including phenoxy) is 4. The minimum atomic E-state index is -1.41. The number of allylic oxidation sites excluding steroid dienone is 1. The lowest BCUT2D eigenvalue weighted by atomic mass is 9.47. The van der Waals surface area contributed by atoms with Crippen LogP contribution in [0.1, 0.15) is 85.5 Å². The van der Waals surface area contributed by atoms with E-state index in [-0.39, 0.29) is 17.3 Å². The predicted octanol–water partition coefficient (Wildman–Crippen LogP) is 3.54. The number of rotatable bonds is 3. The Morgan fingerprint density at radius 1 is 0.976 bits per heavy atom. The van der Waals surface area contributed by atoms with E-state index in [1.54, 1.807) is 0 Å². The minimum Gasteiger partial charge on any atom is -0.394 e. The fourth-order valence-electron chi connectivity index (χ4n) is 11.1. The molecule has 0 radical (unpaired) electrons. The van der Waals surface area contributed by atoms with Crippen LogP contribution < -0.4 is 0 Å². The fourth-order valence-corrected chi connectivity index (χ4v) is 11.1. The lowest BCUT2D eigenvalue weighted by Crippen LogP contribution is -2.60. The van der Waals surface area contributed by atoms with Gasteiger partial charge < -0.3 is 39.4 Å². The SMILES string of the molecule is C[C@@H]1CC[C@@]2(OC1)O[C@H]1C[C@H]3[C@@H]4CC=C5C[C@@H](O[C@@H]6OC(CO)C(O)C(O)C6O)CC[C@]5(C)[C@H]4CC[C@]3(C)[C@H]1[C@@H]2C. The number of aliphatic hydroxyl groups excluding tert-OH is 4. The van der Waals surface area contributed by atoms with Crippen LogP contribution in [0.4, 0.5) is 0 Å². The molecule has 16 atom stereocenters. The molecule has 6 fully saturated rings. The van der Waals surface area contributed by atoms with Gasteiger partial charge in [-0.1, -0.05) is 39.3 Å². The molecule has 8 heteroatoms. The zero-order valence-electron chi connectivity index (χ0n) is 25.3. The predicted molar refractivity (Wildman–Crippen MR) is 150 cm³/mol. The highest BCUT2D eigenvalue weighted by Crippen LogP contribution is 2.70. The van der Waals surface area contributed by atoms with Crippen LogP contribution in [0.5, 0.6) is 0 Å². The molecule has 232 valence electrons. The van der Waals surface area contributed by atoms with Gasteiger partial charge in [-0.15, -0.1) is 0 Å². The molecule has 8 nitrogen and oxygen atoms in total. The molecule has 0 aromatic rings. The highest BCUT2D eigenvalue weighted by molar-refractivity contribution is 5.26. The third-order valence-electron chi connectivity index (χ3n) is 13.5. The van der Waals surface area contributed by atoms with Crippen molar-refractivity contribution in [3.05, 3.63) is 11.6 Å². The molecule has 0 bridgehead atoms. The quantitative estimate of drug-likeness (QED) is 0.377. The molecule has 3 heterocycles. The first-order chi connectivity index (χ1) is 19.5. The first-order valence-electron chi connectivity index (χ1n) is 16.5. The summed E-state index contributed by atoms with van der Waals surface area (Å²) in [5, 5.41) is 40.4. The van der Waals surface area contributed by atoms with Gasteiger partial charge in [0.1, 0.15) is 24.4 Å². The van der Waals surface area contributed by atoms with Gasteiger partial charge in [-0.3, -0.25) is 0 Å². The number of hydrogen-bond donors (Lipinski definition) is 4. The van der Waals surface area contributed by atoms with Crippen molar-refractivity contribution in [2.45, 2.75) is 134 Å². The maximum Gasteiger partial charge on any atom is 0.186 e. The van der Waals surface area contributed by atoms with Crippen molar-refractivity contribution < 1.29 is 39.4 Å². The Balaban J connectivity index is 1.05. The van der Waals surface area contributed by atoms with Gasteiger partial charge in [0.25, 0.3) is 0 Å². The van der Waals surface area contributed by atoms with E-state index in [0.717, 1.165) is 45.1 Å². The molecular weight excluding hydrogens is 524 g/mol. The van der Waals surface area contributed by atoms with Crippen LogP contribution in [0.15, 0.2) is 11.6 Å². The van der Waals surface area contributed by atoms with Gasteiger partial charge in [-0.25, -0.2) is 0 Å². The summed E-state index contributed by atoms with van der Waals surface area (Å²) in [5.41, 5.74) is 1.91. The average Bonchev–Trinajstić information content (AvgIpc) is 3.40. The molecule has 7 aliphatic rings. The second-order valence-electron chi connectivity index (χ2n) is 15.5. The number of aliphatic hydroxyl groups is 4. The summed E-state index contributed by atoms with van der Waals surface area (Å²) < 4.78 is 25.3. The summed E-state index contributed by atoms with van der Waals surface area (Å²) in [5.74, 6) is 3.28. The Kier molecular flexibility index (Phi) is 7.27. The molecule has 7 rings (SSSR count). The lowest BCUT2D eigenvalue weighted by molar-refractivity contribution is -0.313. The van der Waals surface area contributed by atoms with Crippen LogP contribution in [0.25, 0.3) is 0 Å².